The summed E-state index contributed by atoms with van der Waals surface area (Å²) in [6.45, 7) is 2.36. The lowest BCUT2D eigenvalue weighted by molar-refractivity contribution is 0.235. The average molecular weight is 297 g/mol. The van der Waals surface area contributed by atoms with Crippen LogP contribution in [0.25, 0.3) is 0 Å². The summed E-state index contributed by atoms with van der Waals surface area (Å²) in [6.07, 6.45) is 7.22. The Bertz CT molecular complexity index is 359. The number of rotatable bonds is 3. The van der Waals surface area contributed by atoms with Crippen molar-refractivity contribution in [2.24, 2.45) is 11.8 Å². The lowest BCUT2D eigenvalue weighted by Crippen LogP contribution is -2.29. The van der Waals surface area contributed by atoms with Gasteiger partial charge in [-0.3, -0.25) is 4.98 Å². The zero-order chi connectivity index (χ0) is 12.3. The maximum atomic E-state index is 4.53. The maximum Gasteiger partial charge on any atom is 0.0717 e. The maximum absolute atomic E-state index is 4.53. The SMILES string of the molecule is CNC(c1ncccc1Br)C1CCC(C)CC1. The summed E-state index contributed by atoms with van der Waals surface area (Å²) in [5.41, 5.74) is 1.16. The molecular formula is C14H21BrN2. The quantitative estimate of drug-likeness (QED) is 0.914. The normalized spacial score (nSPS) is 26.8. The lowest BCUT2D eigenvalue weighted by atomic mass is 9.78. The van der Waals surface area contributed by atoms with E-state index in [1.807, 2.05) is 19.3 Å². The third-order valence-electron chi connectivity index (χ3n) is 3.92. The van der Waals surface area contributed by atoms with Crippen LogP contribution in [0.4, 0.5) is 0 Å². The minimum Gasteiger partial charge on any atom is -0.311 e. The number of nitrogens with zero attached hydrogens (tertiary/aromatic N) is 1. The molecule has 1 aromatic heterocycles. The second-order valence-electron chi connectivity index (χ2n) is 5.16. The second kappa shape index (κ2) is 5.96. The molecule has 1 aliphatic carbocycles. The molecule has 94 valence electrons. The van der Waals surface area contributed by atoms with Crippen LogP contribution in [-0.2, 0) is 0 Å². The first kappa shape index (κ1) is 13.0. The summed E-state index contributed by atoms with van der Waals surface area (Å²) < 4.78 is 1.12. The van der Waals surface area contributed by atoms with Gasteiger partial charge in [0.2, 0.25) is 0 Å². The van der Waals surface area contributed by atoms with Crippen molar-refractivity contribution in [2.45, 2.75) is 38.6 Å². The monoisotopic (exact) mass is 296 g/mol. The Morgan fingerprint density at radius 2 is 2.06 bits per heavy atom. The topological polar surface area (TPSA) is 24.9 Å². The van der Waals surface area contributed by atoms with Gasteiger partial charge in [0.25, 0.3) is 0 Å². The molecule has 1 heterocycles. The summed E-state index contributed by atoms with van der Waals surface area (Å²) in [7, 11) is 2.05. The molecule has 1 aliphatic rings. The Hall–Kier alpha value is -0.410. The first-order valence-corrected chi connectivity index (χ1v) is 7.29. The number of hydrogen-bond donors (Lipinski definition) is 1. The van der Waals surface area contributed by atoms with Gasteiger partial charge in [-0.1, -0.05) is 19.8 Å². The Labute approximate surface area is 112 Å². The van der Waals surface area contributed by atoms with Crippen molar-refractivity contribution in [3.63, 3.8) is 0 Å². The molecule has 1 saturated carbocycles. The van der Waals surface area contributed by atoms with Gasteiger partial charge in [-0.05, 0) is 59.8 Å². The molecule has 17 heavy (non-hydrogen) atoms. The molecule has 0 radical (unpaired) electrons. The first-order valence-electron chi connectivity index (χ1n) is 6.50. The summed E-state index contributed by atoms with van der Waals surface area (Å²) >= 11 is 3.61. The third kappa shape index (κ3) is 3.08. The Morgan fingerprint density at radius 1 is 1.35 bits per heavy atom. The van der Waals surface area contributed by atoms with Crippen molar-refractivity contribution in [3.8, 4) is 0 Å². The number of nitrogens with one attached hydrogen (secondary N) is 1. The molecule has 1 unspecified atom stereocenters. The van der Waals surface area contributed by atoms with E-state index >= 15 is 0 Å². The number of halogens is 1. The highest BCUT2D eigenvalue weighted by Gasteiger charge is 2.28. The number of pyridine rings is 1. The van der Waals surface area contributed by atoms with Crippen LogP contribution in [0.5, 0.6) is 0 Å². The molecule has 1 N–H and O–H groups in total. The summed E-state index contributed by atoms with van der Waals surface area (Å²) in [4.78, 5) is 4.53. The van der Waals surface area contributed by atoms with Crippen LogP contribution in [-0.4, -0.2) is 12.0 Å². The fraction of sp³-hybridized carbons (Fsp3) is 0.643. The predicted molar refractivity (Wildman–Crippen MR) is 74.9 cm³/mol. The zero-order valence-corrected chi connectivity index (χ0v) is 12.2. The van der Waals surface area contributed by atoms with E-state index in [1.54, 1.807) is 0 Å². The van der Waals surface area contributed by atoms with Gasteiger partial charge in [-0.25, -0.2) is 0 Å². The highest BCUT2D eigenvalue weighted by atomic mass is 79.9. The van der Waals surface area contributed by atoms with Gasteiger partial charge in [-0.15, -0.1) is 0 Å². The van der Waals surface area contributed by atoms with Crippen molar-refractivity contribution in [1.29, 1.82) is 0 Å². The van der Waals surface area contributed by atoms with Crippen molar-refractivity contribution in [2.75, 3.05) is 7.05 Å². The molecular weight excluding hydrogens is 276 g/mol. The van der Waals surface area contributed by atoms with Crippen LogP contribution in [0, 0.1) is 11.8 Å². The van der Waals surface area contributed by atoms with Crippen molar-refractivity contribution >= 4 is 15.9 Å². The van der Waals surface area contributed by atoms with E-state index in [-0.39, 0.29) is 0 Å². The summed E-state index contributed by atoms with van der Waals surface area (Å²) in [5.74, 6) is 1.62. The molecule has 1 atom stereocenters. The second-order valence-corrected chi connectivity index (χ2v) is 6.01. The van der Waals surface area contributed by atoms with Crippen molar-refractivity contribution < 1.29 is 0 Å². The Kier molecular flexibility index (Phi) is 4.57. The average Bonchev–Trinajstić information content (AvgIpc) is 2.35. The predicted octanol–water partition coefficient (Wildman–Crippen LogP) is 3.93. The highest BCUT2D eigenvalue weighted by Crippen LogP contribution is 2.37. The fourth-order valence-corrected chi connectivity index (χ4v) is 3.34. The molecule has 0 saturated heterocycles. The van der Waals surface area contributed by atoms with Crippen molar-refractivity contribution in [1.82, 2.24) is 10.3 Å². The van der Waals surface area contributed by atoms with Crippen LogP contribution < -0.4 is 5.32 Å². The van der Waals surface area contributed by atoms with Gasteiger partial charge >= 0.3 is 0 Å². The van der Waals surface area contributed by atoms with E-state index in [1.165, 1.54) is 25.7 Å². The number of hydrogen-bond acceptors (Lipinski definition) is 2. The number of aromatic nitrogens is 1. The minimum atomic E-state index is 0.387. The third-order valence-corrected chi connectivity index (χ3v) is 4.60. The Balaban J connectivity index is 2.14. The summed E-state index contributed by atoms with van der Waals surface area (Å²) in [6, 6.07) is 4.44. The van der Waals surface area contributed by atoms with Gasteiger partial charge in [0, 0.05) is 10.7 Å². The van der Waals surface area contributed by atoms with E-state index in [4.69, 9.17) is 0 Å². The molecule has 0 bridgehead atoms. The van der Waals surface area contributed by atoms with Gasteiger partial charge in [-0.2, -0.15) is 0 Å². The van der Waals surface area contributed by atoms with Crippen LogP contribution in [0.3, 0.4) is 0 Å². The largest absolute Gasteiger partial charge is 0.311 e. The van der Waals surface area contributed by atoms with Gasteiger partial charge in [0.15, 0.2) is 0 Å². The lowest BCUT2D eigenvalue weighted by Gasteiger charge is -2.32. The standard InChI is InChI=1S/C14H21BrN2/c1-10-5-7-11(8-6-10)13(16-2)14-12(15)4-3-9-17-14/h3-4,9-11,13,16H,5-8H2,1-2H3. The van der Waals surface area contributed by atoms with Crippen LogP contribution in [0.15, 0.2) is 22.8 Å². The minimum absolute atomic E-state index is 0.387. The smallest absolute Gasteiger partial charge is 0.0717 e. The van der Waals surface area contributed by atoms with E-state index in [0.717, 1.165) is 22.0 Å². The highest BCUT2D eigenvalue weighted by molar-refractivity contribution is 9.10. The molecule has 2 nitrogen and oxygen atoms in total. The van der Waals surface area contributed by atoms with Gasteiger partial charge in [0.1, 0.15) is 0 Å². The van der Waals surface area contributed by atoms with E-state index < -0.39 is 0 Å². The molecule has 1 aromatic rings. The molecule has 0 aliphatic heterocycles. The van der Waals surface area contributed by atoms with E-state index in [0.29, 0.717) is 6.04 Å². The van der Waals surface area contributed by atoms with Crippen LogP contribution >= 0.6 is 15.9 Å². The molecule has 1 fully saturated rings. The zero-order valence-electron chi connectivity index (χ0n) is 10.6. The molecule has 0 amide bonds. The van der Waals surface area contributed by atoms with E-state index in [2.05, 4.69) is 39.2 Å². The van der Waals surface area contributed by atoms with Crippen LogP contribution in [0.2, 0.25) is 0 Å². The van der Waals surface area contributed by atoms with Gasteiger partial charge in [0.05, 0.1) is 11.7 Å². The summed E-state index contributed by atoms with van der Waals surface area (Å²) in [5, 5.41) is 3.45. The fourth-order valence-electron chi connectivity index (χ4n) is 2.84. The van der Waals surface area contributed by atoms with E-state index in [9.17, 15) is 0 Å². The Morgan fingerprint density at radius 3 is 2.65 bits per heavy atom. The van der Waals surface area contributed by atoms with Crippen LogP contribution in [0.1, 0.15) is 44.3 Å². The van der Waals surface area contributed by atoms with Crippen molar-refractivity contribution in [3.05, 3.63) is 28.5 Å². The molecule has 2 rings (SSSR count). The molecule has 0 aromatic carbocycles. The van der Waals surface area contributed by atoms with Gasteiger partial charge < -0.3 is 5.32 Å². The first-order chi connectivity index (χ1) is 8.22. The molecule has 0 spiro atoms. The molecule has 3 heteroatoms.